The Balaban J connectivity index is 1.29. The molecule has 1 saturated heterocycles. The van der Waals surface area contributed by atoms with Gasteiger partial charge in [-0.3, -0.25) is 9.59 Å². The van der Waals surface area contributed by atoms with Gasteiger partial charge in [0.2, 0.25) is 11.8 Å². The molecule has 2 aromatic carbocycles. The predicted octanol–water partition coefficient (Wildman–Crippen LogP) is 3.96. The summed E-state index contributed by atoms with van der Waals surface area (Å²) in [6.45, 7) is 2.62. The van der Waals surface area contributed by atoms with Crippen LogP contribution in [0.4, 0.5) is 17.1 Å². The van der Waals surface area contributed by atoms with E-state index in [0.717, 1.165) is 22.0 Å². The number of para-hydroxylation sites is 4. The van der Waals surface area contributed by atoms with Crippen molar-refractivity contribution in [1.29, 1.82) is 0 Å². The standard InChI is InChI=1S/C26H26N4O3S/c1-33-23-10-5-4-9-22(23)28-12-14-29(15-13-28)26(32)18-30-21-8-3-2-7-19(21)27-20(17-25(30)31)24-11-6-16-34-24/h2-11,16H,12-15,17-18H2,1H3. The first-order valence-corrected chi connectivity index (χ1v) is 12.2. The van der Waals surface area contributed by atoms with Crippen LogP contribution in [0.3, 0.4) is 0 Å². The third-order valence-corrected chi connectivity index (χ3v) is 7.12. The molecule has 174 valence electrons. The molecule has 2 aliphatic heterocycles. The molecule has 2 aliphatic rings. The number of nitrogens with zero attached hydrogens (tertiary/aromatic N) is 4. The van der Waals surface area contributed by atoms with Crippen molar-refractivity contribution in [1.82, 2.24) is 4.90 Å². The zero-order valence-corrected chi connectivity index (χ0v) is 19.8. The number of fused-ring (bicyclic) bond motifs is 1. The number of ether oxygens (including phenoxy) is 1. The Kier molecular flexibility index (Phi) is 6.31. The van der Waals surface area contributed by atoms with Gasteiger partial charge in [-0.05, 0) is 35.7 Å². The molecule has 0 aliphatic carbocycles. The molecule has 0 N–H and O–H groups in total. The highest BCUT2D eigenvalue weighted by Gasteiger charge is 2.30. The molecule has 7 nitrogen and oxygen atoms in total. The number of aliphatic imine (C=N–C) groups is 1. The smallest absolute Gasteiger partial charge is 0.242 e. The average molecular weight is 475 g/mol. The van der Waals surface area contributed by atoms with Gasteiger partial charge in [0.15, 0.2) is 0 Å². The highest BCUT2D eigenvalue weighted by atomic mass is 32.1. The monoisotopic (exact) mass is 474 g/mol. The van der Waals surface area contributed by atoms with Crippen molar-refractivity contribution in [3.05, 3.63) is 70.9 Å². The second-order valence-corrected chi connectivity index (χ2v) is 9.17. The van der Waals surface area contributed by atoms with E-state index in [1.807, 2.05) is 70.9 Å². The Morgan fingerprint density at radius 2 is 1.71 bits per heavy atom. The molecular formula is C26H26N4O3S. The first-order chi connectivity index (χ1) is 16.6. The summed E-state index contributed by atoms with van der Waals surface area (Å²) < 4.78 is 5.49. The first kappa shape index (κ1) is 22.2. The van der Waals surface area contributed by atoms with Crippen LogP contribution in [0.25, 0.3) is 0 Å². The molecule has 1 fully saturated rings. The van der Waals surface area contributed by atoms with Crippen LogP contribution >= 0.6 is 11.3 Å². The van der Waals surface area contributed by atoms with E-state index >= 15 is 0 Å². The van der Waals surface area contributed by atoms with Crippen LogP contribution in [0.2, 0.25) is 0 Å². The number of amides is 2. The molecule has 2 amide bonds. The minimum absolute atomic E-state index is 0.0117. The molecular weight excluding hydrogens is 448 g/mol. The summed E-state index contributed by atoms with van der Waals surface area (Å²) in [4.78, 5) is 38.0. The largest absolute Gasteiger partial charge is 0.495 e. The Bertz CT molecular complexity index is 1220. The van der Waals surface area contributed by atoms with Crippen molar-refractivity contribution >= 4 is 45.9 Å². The summed E-state index contributed by atoms with van der Waals surface area (Å²) in [6, 6.07) is 19.4. The Labute approximate surface area is 202 Å². The van der Waals surface area contributed by atoms with Crippen molar-refractivity contribution < 1.29 is 14.3 Å². The molecule has 3 heterocycles. The number of anilines is 2. The lowest BCUT2D eigenvalue weighted by molar-refractivity contribution is -0.131. The molecule has 0 bridgehead atoms. The van der Waals surface area contributed by atoms with Crippen LogP contribution in [-0.2, 0) is 9.59 Å². The van der Waals surface area contributed by atoms with E-state index in [-0.39, 0.29) is 24.8 Å². The van der Waals surface area contributed by atoms with Gasteiger partial charge in [-0.25, -0.2) is 4.99 Å². The third kappa shape index (κ3) is 4.41. The highest BCUT2D eigenvalue weighted by Crippen LogP contribution is 2.34. The van der Waals surface area contributed by atoms with Gasteiger partial charge in [0, 0.05) is 31.1 Å². The summed E-state index contributed by atoms with van der Waals surface area (Å²) in [5, 5.41) is 1.98. The third-order valence-electron chi connectivity index (χ3n) is 6.20. The van der Waals surface area contributed by atoms with Crippen LogP contribution < -0.4 is 14.5 Å². The summed E-state index contributed by atoms with van der Waals surface area (Å²) in [5.41, 5.74) is 3.17. The fourth-order valence-electron chi connectivity index (χ4n) is 4.43. The maximum absolute atomic E-state index is 13.3. The summed E-state index contributed by atoms with van der Waals surface area (Å²) in [7, 11) is 1.67. The van der Waals surface area contributed by atoms with Gasteiger partial charge < -0.3 is 19.4 Å². The SMILES string of the molecule is COc1ccccc1N1CCN(C(=O)CN2C(=O)CC(c3cccs3)=Nc3ccccc32)CC1. The second kappa shape index (κ2) is 9.69. The van der Waals surface area contributed by atoms with Crippen LogP contribution in [0.5, 0.6) is 5.75 Å². The van der Waals surface area contributed by atoms with E-state index < -0.39 is 0 Å². The second-order valence-electron chi connectivity index (χ2n) is 8.22. The van der Waals surface area contributed by atoms with Crippen molar-refractivity contribution in [2.75, 3.05) is 49.6 Å². The van der Waals surface area contributed by atoms with E-state index in [1.54, 1.807) is 23.3 Å². The number of hydrogen-bond acceptors (Lipinski definition) is 6. The van der Waals surface area contributed by atoms with Gasteiger partial charge >= 0.3 is 0 Å². The topological polar surface area (TPSA) is 65.5 Å². The number of rotatable bonds is 5. The predicted molar refractivity (Wildman–Crippen MR) is 136 cm³/mol. The van der Waals surface area contributed by atoms with Crippen LogP contribution in [0.15, 0.2) is 71.0 Å². The maximum Gasteiger partial charge on any atom is 0.242 e. The van der Waals surface area contributed by atoms with Gasteiger partial charge in [0.25, 0.3) is 0 Å². The molecule has 34 heavy (non-hydrogen) atoms. The minimum Gasteiger partial charge on any atom is -0.495 e. The number of thiophene rings is 1. The van der Waals surface area contributed by atoms with Crippen LogP contribution in [0.1, 0.15) is 11.3 Å². The molecule has 3 aromatic rings. The number of piperazine rings is 1. The van der Waals surface area contributed by atoms with Crippen LogP contribution in [0, 0.1) is 0 Å². The molecule has 0 saturated carbocycles. The zero-order chi connectivity index (χ0) is 23.5. The van der Waals surface area contributed by atoms with E-state index in [2.05, 4.69) is 4.90 Å². The van der Waals surface area contributed by atoms with Crippen LogP contribution in [-0.4, -0.2) is 62.3 Å². The Hall–Kier alpha value is -3.65. The average Bonchev–Trinajstić information content (AvgIpc) is 3.38. The van der Waals surface area contributed by atoms with Gasteiger partial charge in [0.05, 0.1) is 36.3 Å². The zero-order valence-electron chi connectivity index (χ0n) is 19.0. The van der Waals surface area contributed by atoms with Crippen molar-refractivity contribution in [3.63, 3.8) is 0 Å². The molecule has 0 radical (unpaired) electrons. The number of carbonyl (C=O) groups excluding carboxylic acids is 2. The molecule has 0 spiro atoms. The number of methoxy groups -OCH3 is 1. The van der Waals surface area contributed by atoms with Crippen molar-refractivity contribution in [3.8, 4) is 5.75 Å². The lowest BCUT2D eigenvalue weighted by Gasteiger charge is -2.37. The van der Waals surface area contributed by atoms with E-state index in [9.17, 15) is 9.59 Å². The number of carbonyl (C=O) groups is 2. The lowest BCUT2D eigenvalue weighted by atomic mass is 10.2. The molecule has 1 aromatic heterocycles. The highest BCUT2D eigenvalue weighted by molar-refractivity contribution is 7.12. The summed E-state index contributed by atoms with van der Waals surface area (Å²) >= 11 is 1.56. The maximum atomic E-state index is 13.3. The van der Waals surface area contributed by atoms with Gasteiger partial charge in [0.1, 0.15) is 12.3 Å². The van der Waals surface area contributed by atoms with Crippen molar-refractivity contribution in [2.24, 2.45) is 4.99 Å². The normalized spacial score (nSPS) is 16.1. The van der Waals surface area contributed by atoms with E-state index in [4.69, 9.17) is 9.73 Å². The Morgan fingerprint density at radius 1 is 0.971 bits per heavy atom. The fraction of sp³-hybridized carbons (Fsp3) is 0.269. The molecule has 5 rings (SSSR count). The molecule has 8 heteroatoms. The molecule has 0 unspecified atom stereocenters. The first-order valence-electron chi connectivity index (χ1n) is 11.3. The quantitative estimate of drug-likeness (QED) is 0.562. The van der Waals surface area contributed by atoms with E-state index in [1.165, 1.54) is 0 Å². The Morgan fingerprint density at radius 3 is 2.44 bits per heavy atom. The molecule has 0 atom stereocenters. The number of hydrogen-bond donors (Lipinski definition) is 0. The van der Waals surface area contributed by atoms with Crippen molar-refractivity contribution in [2.45, 2.75) is 6.42 Å². The lowest BCUT2D eigenvalue weighted by Crippen LogP contribution is -2.52. The number of benzene rings is 2. The van der Waals surface area contributed by atoms with Gasteiger partial charge in [-0.1, -0.05) is 30.3 Å². The van der Waals surface area contributed by atoms with Gasteiger partial charge in [-0.2, -0.15) is 0 Å². The van der Waals surface area contributed by atoms with E-state index in [0.29, 0.717) is 37.6 Å². The summed E-state index contributed by atoms with van der Waals surface area (Å²) in [6.07, 6.45) is 0.171. The fourth-order valence-corrected chi connectivity index (χ4v) is 5.14. The minimum atomic E-state index is -0.113. The van der Waals surface area contributed by atoms with Gasteiger partial charge in [-0.15, -0.1) is 11.3 Å². The summed E-state index contributed by atoms with van der Waals surface area (Å²) in [5.74, 6) is 0.663.